The minimum absolute atomic E-state index is 0.148. The van der Waals surface area contributed by atoms with Crippen LogP contribution in [0.1, 0.15) is 34.6 Å². The second-order valence-electron chi connectivity index (χ2n) is 9.98. The fraction of sp³-hybridized carbons (Fsp3) is 0.913. The second-order valence-corrected chi connectivity index (χ2v) is 9.98. The first-order valence-electron chi connectivity index (χ1n) is 12.3. The van der Waals surface area contributed by atoms with E-state index in [0.29, 0.717) is 0 Å². The summed E-state index contributed by atoms with van der Waals surface area (Å²) in [6.07, 6.45) is -16.8. The number of Topliss-reactive ketones (excluding diaryl/α,β-unsaturated/α-hetero) is 1. The number of nitrogens with one attached hydrogen (secondary N) is 1. The SMILES string of the molecule is CC(=O)[C@@H](NC(=O)[C@@H](C)[C@@H](C)O[C@H]1OC(CO)[C@@H](O)[C@H](O)C1O[C@H]1OC(CO)[C@@H](O)[C@H](O)C1O)C(C)C. The fourth-order valence-electron chi connectivity index (χ4n) is 4.21. The number of carbonyl (C=O) groups is 2. The summed E-state index contributed by atoms with van der Waals surface area (Å²) < 4.78 is 22.3. The highest BCUT2D eigenvalue weighted by Crippen LogP contribution is 2.30. The lowest BCUT2D eigenvalue weighted by atomic mass is 9.96. The molecule has 0 aliphatic carbocycles. The van der Waals surface area contributed by atoms with Crippen LogP contribution >= 0.6 is 0 Å². The molecule has 0 spiro atoms. The number of hydrogen-bond donors (Lipinski definition) is 8. The number of ketones is 1. The molecule has 13 atom stereocenters. The lowest BCUT2D eigenvalue weighted by Gasteiger charge is -2.46. The Balaban J connectivity index is 2.20. The largest absolute Gasteiger partial charge is 0.394 e. The van der Waals surface area contributed by atoms with Gasteiger partial charge in [0.25, 0.3) is 0 Å². The molecule has 0 aromatic carbocycles. The van der Waals surface area contributed by atoms with Crippen LogP contribution in [0.4, 0.5) is 0 Å². The van der Waals surface area contributed by atoms with Crippen LogP contribution in [0.5, 0.6) is 0 Å². The van der Waals surface area contributed by atoms with E-state index >= 15 is 0 Å². The van der Waals surface area contributed by atoms with Crippen LogP contribution in [-0.4, -0.2) is 134 Å². The molecule has 2 rings (SSSR count). The number of ether oxygens (including phenoxy) is 4. The van der Waals surface area contributed by atoms with Gasteiger partial charge in [-0.2, -0.15) is 0 Å². The zero-order valence-corrected chi connectivity index (χ0v) is 21.6. The van der Waals surface area contributed by atoms with E-state index in [-0.39, 0.29) is 11.7 Å². The summed E-state index contributed by atoms with van der Waals surface area (Å²) in [7, 11) is 0. The maximum absolute atomic E-state index is 12.8. The molecule has 0 saturated carbocycles. The van der Waals surface area contributed by atoms with Crippen LogP contribution in [0.25, 0.3) is 0 Å². The molecule has 1 amide bonds. The van der Waals surface area contributed by atoms with Crippen LogP contribution in [-0.2, 0) is 28.5 Å². The fourth-order valence-corrected chi connectivity index (χ4v) is 4.21. The van der Waals surface area contributed by atoms with Crippen molar-refractivity contribution in [2.45, 2.75) is 108 Å². The molecule has 14 heteroatoms. The summed E-state index contributed by atoms with van der Waals surface area (Å²) in [4.78, 5) is 24.7. The van der Waals surface area contributed by atoms with Crippen molar-refractivity contribution in [3.63, 3.8) is 0 Å². The van der Waals surface area contributed by atoms with Crippen molar-refractivity contribution < 1.29 is 64.3 Å². The molecule has 2 aliphatic heterocycles. The van der Waals surface area contributed by atoms with E-state index in [4.69, 9.17) is 18.9 Å². The Bertz CT molecular complexity index is 752. The summed E-state index contributed by atoms with van der Waals surface area (Å²) in [5.74, 6) is -1.67. The average molecular weight is 540 g/mol. The van der Waals surface area contributed by atoms with Gasteiger partial charge in [0.1, 0.15) is 48.8 Å². The standard InChI is InChI=1S/C23H41NO13/c1-8(2)14(10(4)27)24-21(33)9(3)11(5)34-23-20(18(31)16(29)13(7-26)36-23)37-22-19(32)17(30)15(28)12(6-25)35-22/h8-9,11-20,22-23,25-26,28-32H,6-7H2,1-5H3,(H,24,33)/t9-,11+,12?,13?,14-,15+,16+,17-,18-,19?,20?,22+,23-/m0/s1. The predicted octanol–water partition coefficient (Wildman–Crippen LogP) is -3.62. The number of amides is 1. The molecule has 216 valence electrons. The number of hydrogen-bond acceptors (Lipinski definition) is 13. The van der Waals surface area contributed by atoms with E-state index in [1.54, 1.807) is 20.8 Å². The van der Waals surface area contributed by atoms with Crippen molar-refractivity contribution in [3.8, 4) is 0 Å². The molecule has 8 N–H and O–H groups in total. The third-order valence-electron chi connectivity index (χ3n) is 6.83. The van der Waals surface area contributed by atoms with Crippen molar-refractivity contribution in [1.29, 1.82) is 0 Å². The minimum atomic E-state index is -1.81. The molecule has 2 aliphatic rings. The van der Waals surface area contributed by atoms with Gasteiger partial charge in [0.2, 0.25) is 5.91 Å². The van der Waals surface area contributed by atoms with Crippen molar-refractivity contribution in [2.24, 2.45) is 11.8 Å². The highest BCUT2D eigenvalue weighted by molar-refractivity contribution is 5.88. The maximum Gasteiger partial charge on any atom is 0.226 e. The molecule has 2 fully saturated rings. The van der Waals surface area contributed by atoms with Gasteiger partial charge in [-0.25, -0.2) is 0 Å². The summed E-state index contributed by atoms with van der Waals surface area (Å²) in [6, 6.07) is -0.703. The maximum atomic E-state index is 12.8. The van der Waals surface area contributed by atoms with E-state index < -0.39 is 98.6 Å². The molecule has 0 radical (unpaired) electrons. The molecule has 14 nitrogen and oxygen atoms in total. The Hall–Kier alpha value is -1.30. The Morgan fingerprint density at radius 3 is 1.81 bits per heavy atom. The highest BCUT2D eigenvalue weighted by atomic mass is 16.8. The third-order valence-corrected chi connectivity index (χ3v) is 6.83. The second kappa shape index (κ2) is 13.7. The first-order valence-corrected chi connectivity index (χ1v) is 12.3. The molecule has 2 saturated heterocycles. The lowest BCUT2D eigenvalue weighted by Crippen LogP contribution is -2.65. The van der Waals surface area contributed by atoms with Crippen molar-refractivity contribution >= 4 is 11.7 Å². The highest BCUT2D eigenvalue weighted by Gasteiger charge is 2.51. The van der Waals surface area contributed by atoms with E-state index in [1.165, 1.54) is 13.8 Å². The first kappa shape index (κ1) is 31.9. The van der Waals surface area contributed by atoms with Gasteiger partial charge >= 0.3 is 0 Å². The van der Waals surface area contributed by atoms with Gasteiger partial charge in [-0.05, 0) is 19.8 Å². The summed E-state index contributed by atoms with van der Waals surface area (Å²) in [5.41, 5.74) is 0. The Labute approximate surface area is 215 Å². The van der Waals surface area contributed by atoms with Crippen molar-refractivity contribution in [2.75, 3.05) is 13.2 Å². The first-order chi connectivity index (χ1) is 17.2. The van der Waals surface area contributed by atoms with E-state index in [2.05, 4.69) is 5.32 Å². The molecule has 37 heavy (non-hydrogen) atoms. The van der Waals surface area contributed by atoms with Crippen LogP contribution in [0.15, 0.2) is 0 Å². The average Bonchev–Trinajstić information content (AvgIpc) is 2.85. The number of carbonyl (C=O) groups excluding carboxylic acids is 2. The smallest absolute Gasteiger partial charge is 0.226 e. The molecule has 4 unspecified atom stereocenters. The Morgan fingerprint density at radius 2 is 1.32 bits per heavy atom. The Kier molecular flexibility index (Phi) is 11.8. The van der Waals surface area contributed by atoms with Crippen molar-refractivity contribution in [1.82, 2.24) is 5.32 Å². The minimum Gasteiger partial charge on any atom is -0.394 e. The topological polar surface area (TPSA) is 225 Å². The zero-order chi connectivity index (χ0) is 28.2. The lowest BCUT2D eigenvalue weighted by molar-refractivity contribution is -0.371. The molecule has 0 aromatic rings. The molecule has 0 aromatic heterocycles. The number of aliphatic hydroxyl groups excluding tert-OH is 7. The summed E-state index contributed by atoms with van der Waals surface area (Å²) in [5, 5.41) is 73.0. The Morgan fingerprint density at radius 1 is 0.811 bits per heavy atom. The molecular formula is C23H41NO13. The van der Waals surface area contributed by atoms with Crippen LogP contribution in [0.3, 0.4) is 0 Å². The van der Waals surface area contributed by atoms with Gasteiger partial charge < -0.3 is 60.0 Å². The van der Waals surface area contributed by atoms with Gasteiger partial charge in [0, 0.05) is 0 Å². The van der Waals surface area contributed by atoms with Gasteiger partial charge in [-0.1, -0.05) is 20.8 Å². The normalized spacial score (nSPS) is 39.2. The van der Waals surface area contributed by atoms with Gasteiger partial charge in [0.05, 0.1) is 31.3 Å². The molecule has 2 heterocycles. The third kappa shape index (κ3) is 7.42. The van der Waals surface area contributed by atoms with Gasteiger partial charge in [0.15, 0.2) is 18.4 Å². The van der Waals surface area contributed by atoms with Crippen LogP contribution in [0.2, 0.25) is 0 Å². The van der Waals surface area contributed by atoms with Gasteiger partial charge in [-0.15, -0.1) is 0 Å². The van der Waals surface area contributed by atoms with E-state index in [9.17, 15) is 45.3 Å². The molecular weight excluding hydrogens is 498 g/mol. The monoisotopic (exact) mass is 539 g/mol. The van der Waals surface area contributed by atoms with Crippen LogP contribution < -0.4 is 5.32 Å². The van der Waals surface area contributed by atoms with Crippen LogP contribution in [0, 0.1) is 11.8 Å². The zero-order valence-electron chi connectivity index (χ0n) is 21.6. The summed E-state index contributed by atoms with van der Waals surface area (Å²) >= 11 is 0. The predicted molar refractivity (Wildman–Crippen MR) is 124 cm³/mol. The van der Waals surface area contributed by atoms with Crippen molar-refractivity contribution in [3.05, 3.63) is 0 Å². The van der Waals surface area contributed by atoms with E-state index in [0.717, 1.165) is 0 Å². The van der Waals surface area contributed by atoms with E-state index in [1.807, 2.05) is 0 Å². The van der Waals surface area contributed by atoms with Gasteiger partial charge in [-0.3, -0.25) is 9.59 Å². The quantitative estimate of drug-likeness (QED) is 0.127. The summed E-state index contributed by atoms with van der Waals surface area (Å²) in [6.45, 7) is 6.61. The number of aliphatic hydroxyl groups is 7. The number of rotatable bonds is 11. The molecule has 0 bridgehead atoms.